The monoisotopic (exact) mass is 265 g/mol. The molecule has 0 spiro atoms. The van der Waals surface area contributed by atoms with E-state index in [0.717, 1.165) is 0 Å². The summed E-state index contributed by atoms with van der Waals surface area (Å²) in [5.74, 6) is -1.15. The van der Waals surface area contributed by atoms with Gasteiger partial charge in [-0.25, -0.2) is 0 Å². The molecule has 1 aromatic carbocycles. The molecule has 0 aliphatic carbocycles. The Morgan fingerprint density at radius 3 is 2.58 bits per heavy atom. The molecule has 1 atom stereocenters. The van der Waals surface area contributed by atoms with Gasteiger partial charge in [-0.2, -0.15) is 0 Å². The van der Waals surface area contributed by atoms with Gasteiger partial charge >= 0.3 is 0 Å². The van der Waals surface area contributed by atoms with Gasteiger partial charge in [-0.05, 0) is 6.92 Å². The molecule has 0 radical (unpaired) electrons. The van der Waals surface area contributed by atoms with E-state index in [9.17, 15) is 9.59 Å². The van der Waals surface area contributed by atoms with Gasteiger partial charge in [0.1, 0.15) is 0 Å². The fourth-order valence-corrected chi connectivity index (χ4v) is 1.51. The van der Waals surface area contributed by atoms with Crippen molar-refractivity contribution < 1.29 is 19.1 Å². The second kappa shape index (κ2) is 8.39. The number of Topliss-reactive ketones (excluding diaryl/α,β-unsaturated/α-hetero) is 1. The molecule has 0 saturated heterocycles. The second-order valence-electron chi connectivity index (χ2n) is 4.09. The first-order valence-electron chi connectivity index (χ1n) is 6.13. The molecule has 1 rings (SSSR count). The molecule has 1 amide bonds. The summed E-state index contributed by atoms with van der Waals surface area (Å²) in [4.78, 5) is 23.3. The highest BCUT2D eigenvalue weighted by molar-refractivity contribution is 6.42. The molecule has 0 saturated carbocycles. The topological polar surface area (TPSA) is 64.6 Å². The molecule has 104 valence electrons. The molecule has 1 N–H and O–H groups in total. The fraction of sp³-hybridized carbons (Fsp3) is 0.429. The highest BCUT2D eigenvalue weighted by Gasteiger charge is 2.14. The number of nitrogens with one attached hydrogen (secondary N) is 1. The predicted molar refractivity (Wildman–Crippen MR) is 71.1 cm³/mol. The molecule has 5 heteroatoms. The van der Waals surface area contributed by atoms with Crippen LogP contribution >= 0.6 is 0 Å². The normalized spacial score (nSPS) is 11.9. The van der Waals surface area contributed by atoms with E-state index in [-0.39, 0.29) is 6.10 Å². The second-order valence-corrected chi connectivity index (χ2v) is 4.09. The van der Waals surface area contributed by atoms with Crippen molar-refractivity contribution in [3.63, 3.8) is 0 Å². The molecule has 0 heterocycles. The van der Waals surface area contributed by atoms with E-state index in [1.165, 1.54) is 0 Å². The Morgan fingerprint density at radius 2 is 1.95 bits per heavy atom. The zero-order chi connectivity index (χ0) is 14.1. The number of carbonyl (C=O) groups is 2. The van der Waals surface area contributed by atoms with E-state index < -0.39 is 11.7 Å². The Bertz CT molecular complexity index is 405. The van der Waals surface area contributed by atoms with Gasteiger partial charge in [0.05, 0.1) is 19.3 Å². The van der Waals surface area contributed by atoms with E-state index in [1.807, 2.05) is 6.92 Å². The Hall–Kier alpha value is -1.72. The zero-order valence-corrected chi connectivity index (χ0v) is 11.2. The van der Waals surface area contributed by atoms with Gasteiger partial charge in [0, 0.05) is 19.2 Å². The van der Waals surface area contributed by atoms with Crippen molar-refractivity contribution >= 4 is 11.7 Å². The van der Waals surface area contributed by atoms with Crippen molar-refractivity contribution in [3.8, 4) is 0 Å². The summed E-state index contributed by atoms with van der Waals surface area (Å²) in [6.45, 7) is 3.02. The van der Waals surface area contributed by atoms with Crippen LogP contribution in [0.4, 0.5) is 0 Å². The highest BCUT2D eigenvalue weighted by Crippen LogP contribution is 1.99. The van der Waals surface area contributed by atoms with Crippen LogP contribution < -0.4 is 5.32 Å². The average Bonchev–Trinajstić information content (AvgIpc) is 2.44. The van der Waals surface area contributed by atoms with Gasteiger partial charge in [0.15, 0.2) is 0 Å². The maximum atomic E-state index is 11.7. The van der Waals surface area contributed by atoms with Crippen LogP contribution in [0, 0.1) is 0 Å². The lowest BCUT2D eigenvalue weighted by Crippen LogP contribution is -2.34. The maximum Gasteiger partial charge on any atom is 0.292 e. The largest absolute Gasteiger partial charge is 0.382 e. The first kappa shape index (κ1) is 15.3. The van der Waals surface area contributed by atoms with Crippen molar-refractivity contribution in [1.29, 1.82) is 0 Å². The van der Waals surface area contributed by atoms with Crippen LogP contribution in [0.15, 0.2) is 30.3 Å². The SMILES string of the molecule is COCC(C)OCCNC(=O)C(=O)c1ccccc1. The van der Waals surface area contributed by atoms with Gasteiger partial charge in [-0.15, -0.1) is 0 Å². The predicted octanol–water partition coefficient (Wildman–Crippen LogP) is 1.04. The third-order valence-corrected chi connectivity index (χ3v) is 2.43. The number of ether oxygens (including phenoxy) is 2. The minimum atomic E-state index is -0.616. The minimum absolute atomic E-state index is 0.0354. The highest BCUT2D eigenvalue weighted by atomic mass is 16.5. The molecular weight excluding hydrogens is 246 g/mol. The van der Waals surface area contributed by atoms with E-state index in [4.69, 9.17) is 9.47 Å². The van der Waals surface area contributed by atoms with Crippen LogP contribution in [0.2, 0.25) is 0 Å². The lowest BCUT2D eigenvalue weighted by molar-refractivity contribution is -0.117. The Balaban J connectivity index is 2.26. The van der Waals surface area contributed by atoms with Crippen molar-refractivity contribution in [2.45, 2.75) is 13.0 Å². The standard InChI is InChI=1S/C14H19NO4/c1-11(10-18-2)19-9-8-15-14(17)13(16)12-6-4-3-5-7-12/h3-7,11H,8-10H2,1-2H3,(H,15,17). The lowest BCUT2D eigenvalue weighted by Gasteiger charge is -2.12. The molecule has 5 nitrogen and oxygen atoms in total. The summed E-state index contributed by atoms with van der Waals surface area (Å²) in [6.07, 6.45) is -0.0354. The first-order chi connectivity index (χ1) is 9.15. The Kier molecular flexibility index (Phi) is 6.78. The number of amides is 1. The number of ketones is 1. The van der Waals surface area contributed by atoms with Crippen molar-refractivity contribution in [2.24, 2.45) is 0 Å². The molecule has 19 heavy (non-hydrogen) atoms. The Morgan fingerprint density at radius 1 is 1.26 bits per heavy atom. The zero-order valence-electron chi connectivity index (χ0n) is 11.2. The number of carbonyl (C=O) groups excluding carboxylic acids is 2. The average molecular weight is 265 g/mol. The molecule has 1 aromatic rings. The van der Waals surface area contributed by atoms with Gasteiger partial charge in [0.2, 0.25) is 5.78 Å². The number of hydrogen-bond acceptors (Lipinski definition) is 4. The first-order valence-corrected chi connectivity index (χ1v) is 6.13. The van der Waals surface area contributed by atoms with Crippen LogP contribution in [0.5, 0.6) is 0 Å². The number of benzene rings is 1. The van der Waals surface area contributed by atoms with Gasteiger partial charge < -0.3 is 14.8 Å². The van der Waals surface area contributed by atoms with Gasteiger partial charge in [-0.3, -0.25) is 9.59 Å². The van der Waals surface area contributed by atoms with Crippen LogP contribution in [0.1, 0.15) is 17.3 Å². The van der Waals surface area contributed by atoms with E-state index >= 15 is 0 Å². The van der Waals surface area contributed by atoms with Crippen molar-refractivity contribution in [3.05, 3.63) is 35.9 Å². The third-order valence-electron chi connectivity index (χ3n) is 2.43. The molecule has 0 aromatic heterocycles. The molecule has 1 unspecified atom stereocenters. The van der Waals surface area contributed by atoms with Gasteiger partial charge in [-0.1, -0.05) is 30.3 Å². The fourth-order valence-electron chi connectivity index (χ4n) is 1.51. The van der Waals surface area contributed by atoms with E-state index in [2.05, 4.69) is 5.32 Å². The summed E-state index contributed by atoms with van der Waals surface area (Å²) in [6, 6.07) is 8.45. The summed E-state index contributed by atoms with van der Waals surface area (Å²) >= 11 is 0. The quantitative estimate of drug-likeness (QED) is 0.433. The van der Waals surface area contributed by atoms with Crippen LogP contribution in [0.25, 0.3) is 0 Å². The van der Waals surface area contributed by atoms with Crippen molar-refractivity contribution in [1.82, 2.24) is 5.32 Å². The number of hydrogen-bond donors (Lipinski definition) is 1. The summed E-state index contributed by atoms with van der Waals surface area (Å²) in [7, 11) is 1.60. The molecule has 0 aliphatic rings. The minimum Gasteiger partial charge on any atom is -0.382 e. The van der Waals surface area contributed by atoms with Crippen LogP contribution in [-0.2, 0) is 14.3 Å². The van der Waals surface area contributed by atoms with E-state index in [0.29, 0.717) is 25.3 Å². The summed E-state index contributed by atoms with van der Waals surface area (Å²) in [5.41, 5.74) is 0.383. The summed E-state index contributed by atoms with van der Waals surface area (Å²) in [5, 5.41) is 2.52. The third kappa shape index (κ3) is 5.63. The molecule has 0 fully saturated rings. The van der Waals surface area contributed by atoms with Crippen LogP contribution in [0.3, 0.4) is 0 Å². The number of rotatable bonds is 8. The van der Waals surface area contributed by atoms with Crippen molar-refractivity contribution in [2.75, 3.05) is 26.9 Å². The van der Waals surface area contributed by atoms with E-state index in [1.54, 1.807) is 37.4 Å². The summed E-state index contributed by atoms with van der Waals surface area (Å²) < 4.78 is 10.3. The number of methoxy groups -OCH3 is 1. The molecular formula is C14H19NO4. The van der Waals surface area contributed by atoms with Crippen LogP contribution in [-0.4, -0.2) is 44.7 Å². The Labute approximate surface area is 112 Å². The lowest BCUT2D eigenvalue weighted by atomic mass is 10.1. The molecule has 0 aliphatic heterocycles. The smallest absolute Gasteiger partial charge is 0.292 e. The molecule has 0 bridgehead atoms. The van der Waals surface area contributed by atoms with Gasteiger partial charge in [0.25, 0.3) is 5.91 Å². The maximum absolute atomic E-state index is 11.7.